The highest BCUT2D eigenvalue weighted by atomic mass is 19.1. The fraction of sp³-hybridized carbons (Fsp3) is 0.361. The number of nitrogens with zero attached hydrogens (tertiary/aromatic N) is 2. The predicted octanol–water partition coefficient (Wildman–Crippen LogP) is 7.32. The highest BCUT2D eigenvalue weighted by Gasteiger charge is 2.50. The summed E-state index contributed by atoms with van der Waals surface area (Å²) in [6.45, 7) is 3.82. The first-order valence-corrected chi connectivity index (χ1v) is 16.0. The number of pyridine rings is 1. The Balaban J connectivity index is 1.11. The Kier molecular flexibility index (Phi) is 9.81. The smallest absolute Gasteiger partial charge is 0.240 e. The fourth-order valence-corrected chi connectivity index (χ4v) is 6.05. The molecule has 2 aliphatic rings. The van der Waals surface area contributed by atoms with Crippen molar-refractivity contribution in [3.05, 3.63) is 78.5 Å². The number of halogens is 2. The van der Waals surface area contributed by atoms with Crippen molar-refractivity contribution in [2.45, 2.75) is 44.9 Å². The van der Waals surface area contributed by atoms with Gasteiger partial charge in [0.05, 0.1) is 19.2 Å². The number of hydrogen-bond acceptors (Lipinski definition) is 7. The van der Waals surface area contributed by atoms with Crippen LogP contribution in [-0.4, -0.2) is 55.0 Å². The van der Waals surface area contributed by atoms with Gasteiger partial charge in [-0.1, -0.05) is 12.8 Å². The number of rotatable bonds is 12. The van der Waals surface area contributed by atoms with Crippen LogP contribution in [0.3, 0.4) is 0 Å². The van der Waals surface area contributed by atoms with Crippen molar-refractivity contribution < 1.29 is 32.6 Å². The zero-order valence-electron chi connectivity index (χ0n) is 26.3. The van der Waals surface area contributed by atoms with Gasteiger partial charge in [0.2, 0.25) is 11.8 Å². The molecule has 1 saturated carbocycles. The molecule has 246 valence electrons. The summed E-state index contributed by atoms with van der Waals surface area (Å²) in [4.78, 5) is 33.3. The van der Waals surface area contributed by atoms with E-state index in [1.54, 1.807) is 31.5 Å². The third-order valence-corrected chi connectivity index (χ3v) is 8.90. The first-order chi connectivity index (χ1) is 22.8. The van der Waals surface area contributed by atoms with Crippen LogP contribution in [0.5, 0.6) is 23.0 Å². The lowest BCUT2D eigenvalue weighted by molar-refractivity contribution is -0.142. The first kappa shape index (κ1) is 32.2. The molecule has 0 spiro atoms. The molecule has 2 amide bonds. The number of fused-ring (bicyclic) bond motifs is 1. The van der Waals surface area contributed by atoms with Crippen molar-refractivity contribution in [2.24, 2.45) is 5.41 Å². The van der Waals surface area contributed by atoms with E-state index in [-0.39, 0.29) is 11.4 Å². The predicted molar refractivity (Wildman–Crippen MR) is 175 cm³/mol. The maximum Gasteiger partial charge on any atom is 0.240 e. The number of nitrogens with one attached hydrogen (secondary N) is 2. The van der Waals surface area contributed by atoms with E-state index in [4.69, 9.17) is 14.2 Å². The summed E-state index contributed by atoms with van der Waals surface area (Å²) in [6, 6.07) is 14.6. The Morgan fingerprint density at radius 3 is 2.23 bits per heavy atom. The van der Waals surface area contributed by atoms with E-state index in [2.05, 4.69) is 20.5 Å². The van der Waals surface area contributed by atoms with E-state index in [1.807, 2.05) is 0 Å². The minimum Gasteiger partial charge on any atom is -0.493 e. The van der Waals surface area contributed by atoms with Crippen molar-refractivity contribution >= 4 is 34.1 Å². The van der Waals surface area contributed by atoms with E-state index < -0.39 is 28.9 Å². The molecule has 1 saturated heterocycles. The summed E-state index contributed by atoms with van der Waals surface area (Å²) >= 11 is 0. The largest absolute Gasteiger partial charge is 0.493 e. The number of carbonyl (C=O) groups excluding carboxylic acids is 2. The number of anilines is 2. The molecule has 1 aromatic heterocycles. The third kappa shape index (κ3) is 7.30. The van der Waals surface area contributed by atoms with E-state index in [9.17, 15) is 14.0 Å². The lowest BCUT2D eigenvalue weighted by Gasteiger charge is -2.38. The van der Waals surface area contributed by atoms with Gasteiger partial charge in [0.1, 0.15) is 17.0 Å². The van der Waals surface area contributed by atoms with Crippen molar-refractivity contribution in [2.75, 3.05) is 44.0 Å². The van der Waals surface area contributed by atoms with Crippen LogP contribution in [0.4, 0.5) is 20.2 Å². The monoisotopic (exact) mass is 644 g/mol. The molecular weight excluding hydrogens is 606 g/mol. The number of likely N-dealkylation sites (tertiary alicyclic amines) is 1. The van der Waals surface area contributed by atoms with Crippen LogP contribution in [0.2, 0.25) is 0 Å². The highest BCUT2D eigenvalue weighted by Crippen LogP contribution is 2.43. The minimum atomic E-state index is -1.30. The number of amides is 2. The lowest BCUT2D eigenvalue weighted by Crippen LogP contribution is -2.50. The van der Waals surface area contributed by atoms with E-state index >= 15 is 4.39 Å². The molecule has 9 nitrogen and oxygen atoms in total. The second-order valence-corrected chi connectivity index (χ2v) is 12.0. The molecule has 2 heterocycles. The van der Waals surface area contributed by atoms with Crippen molar-refractivity contribution in [1.29, 1.82) is 0 Å². The molecular formula is C36H38F2N4O5. The minimum absolute atomic E-state index is 0.0556. The van der Waals surface area contributed by atoms with E-state index in [1.165, 1.54) is 55.7 Å². The van der Waals surface area contributed by atoms with Crippen molar-refractivity contribution in [3.8, 4) is 23.0 Å². The SMILES string of the molecule is COc1cc2c(Oc3ccc(NC(=O)C4(C(=O)Nc5ccc(F)cc5)CCC4)cc3F)ccnc2cc1OCCCN1CCCCC1. The molecule has 11 heteroatoms. The Bertz CT molecular complexity index is 1740. The second-order valence-electron chi connectivity index (χ2n) is 12.0. The van der Waals surface area contributed by atoms with Crippen LogP contribution < -0.4 is 24.8 Å². The second kappa shape index (κ2) is 14.3. The van der Waals surface area contributed by atoms with Gasteiger partial charge < -0.3 is 29.7 Å². The Hall–Kier alpha value is -4.77. The van der Waals surface area contributed by atoms with Crippen LogP contribution in [0, 0.1) is 17.0 Å². The summed E-state index contributed by atoms with van der Waals surface area (Å²) < 4.78 is 46.2. The van der Waals surface area contributed by atoms with Gasteiger partial charge in [0, 0.05) is 41.6 Å². The molecule has 0 atom stereocenters. The van der Waals surface area contributed by atoms with Crippen LogP contribution in [-0.2, 0) is 9.59 Å². The molecule has 6 rings (SSSR count). The summed E-state index contributed by atoms with van der Waals surface area (Å²) in [5.41, 5.74) is -0.131. The maximum atomic E-state index is 15.3. The highest BCUT2D eigenvalue weighted by molar-refractivity contribution is 6.15. The van der Waals surface area contributed by atoms with Gasteiger partial charge in [-0.3, -0.25) is 14.6 Å². The van der Waals surface area contributed by atoms with Gasteiger partial charge in [-0.25, -0.2) is 8.78 Å². The molecule has 4 aromatic rings. The van der Waals surface area contributed by atoms with Crippen molar-refractivity contribution in [1.82, 2.24) is 9.88 Å². The van der Waals surface area contributed by atoms with E-state index in [0.29, 0.717) is 59.7 Å². The standard InChI is InChI=1S/C36H38F2N4O5/c1-45-32-22-27-29(23-33(32)46-20-6-19-42-17-3-2-4-18-42)39-16-13-30(27)47-31-12-11-26(21-28(31)38)41-35(44)36(14-5-15-36)34(43)40-25-9-7-24(37)8-10-25/h7-13,16,21-23H,2-6,14-15,17-20H2,1H3,(H,40,43)(H,41,44). The van der Waals surface area contributed by atoms with Gasteiger partial charge in [-0.15, -0.1) is 0 Å². The van der Waals surface area contributed by atoms with E-state index in [0.717, 1.165) is 32.1 Å². The Labute approximate surface area is 272 Å². The molecule has 1 aliphatic heterocycles. The Morgan fingerprint density at radius 1 is 0.830 bits per heavy atom. The Morgan fingerprint density at radius 2 is 1.55 bits per heavy atom. The molecule has 2 fully saturated rings. The van der Waals surface area contributed by atoms with Crippen LogP contribution in [0.1, 0.15) is 44.9 Å². The fourth-order valence-electron chi connectivity index (χ4n) is 6.05. The molecule has 0 radical (unpaired) electrons. The molecule has 0 unspecified atom stereocenters. The van der Waals surface area contributed by atoms with Crippen molar-refractivity contribution in [3.63, 3.8) is 0 Å². The zero-order chi connectivity index (χ0) is 32.8. The number of benzene rings is 3. The third-order valence-electron chi connectivity index (χ3n) is 8.90. The molecule has 1 aliphatic carbocycles. The van der Waals surface area contributed by atoms with Crippen LogP contribution >= 0.6 is 0 Å². The summed E-state index contributed by atoms with van der Waals surface area (Å²) in [6.07, 6.45) is 7.68. The summed E-state index contributed by atoms with van der Waals surface area (Å²) in [7, 11) is 1.56. The number of aromatic nitrogens is 1. The summed E-state index contributed by atoms with van der Waals surface area (Å²) in [5.74, 6) is -0.755. The average Bonchev–Trinajstić information content (AvgIpc) is 3.05. The van der Waals surface area contributed by atoms with Crippen LogP contribution in [0.15, 0.2) is 66.9 Å². The van der Waals surface area contributed by atoms with Gasteiger partial charge in [0.15, 0.2) is 23.1 Å². The van der Waals surface area contributed by atoms with Gasteiger partial charge in [0.25, 0.3) is 0 Å². The number of hydrogen-bond donors (Lipinski definition) is 2. The molecule has 2 N–H and O–H groups in total. The number of ether oxygens (including phenoxy) is 3. The number of piperidine rings is 1. The van der Waals surface area contributed by atoms with Gasteiger partial charge in [-0.05, 0) is 93.7 Å². The first-order valence-electron chi connectivity index (χ1n) is 16.0. The lowest BCUT2D eigenvalue weighted by atomic mass is 9.67. The number of carbonyl (C=O) groups is 2. The zero-order valence-corrected chi connectivity index (χ0v) is 26.3. The number of methoxy groups -OCH3 is 1. The molecule has 3 aromatic carbocycles. The van der Waals surface area contributed by atoms with Gasteiger partial charge >= 0.3 is 0 Å². The normalized spacial score (nSPS) is 15.8. The maximum absolute atomic E-state index is 15.3. The quantitative estimate of drug-likeness (QED) is 0.123. The molecule has 0 bridgehead atoms. The molecule has 47 heavy (non-hydrogen) atoms. The van der Waals surface area contributed by atoms with Crippen LogP contribution in [0.25, 0.3) is 10.9 Å². The topological polar surface area (TPSA) is 102 Å². The average molecular weight is 645 g/mol. The van der Waals surface area contributed by atoms with Gasteiger partial charge in [-0.2, -0.15) is 0 Å². The summed E-state index contributed by atoms with van der Waals surface area (Å²) in [5, 5.41) is 5.99.